The molecule has 23 heavy (non-hydrogen) atoms. The van der Waals surface area contributed by atoms with Gasteiger partial charge in [-0.15, -0.1) is 0 Å². The number of carbonyl (C=O) groups excluding carboxylic acids is 1. The fourth-order valence-corrected chi connectivity index (χ4v) is 2.41. The highest BCUT2D eigenvalue weighted by atomic mass is 16.5. The van der Waals surface area contributed by atoms with Gasteiger partial charge in [0.15, 0.2) is 0 Å². The number of aliphatic carboxylic acids is 1. The van der Waals surface area contributed by atoms with Gasteiger partial charge in [-0.05, 0) is 19.3 Å². The molecule has 4 atom stereocenters. The van der Waals surface area contributed by atoms with Gasteiger partial charge in [0, 0.05) is 6.42 Å². The van der Waals surface area contributed by atoms with E-state index in [4.69, 9.17) is 14.9 Å². The van der Waals surface area contributed by atoms with Crippen LogP contribution < -0.4 is 0 Å². The zero-order valence-corrected chi connectivity index (χ0v) is 14.0. The van der Waals surface area contributed by atoms with Gasteiger partial charge in [-0.3, -0.25) is 9.59 Å². The summed E-state index contributed by atoms with van der Waals surface area (Å²) in [7, 11) is 0. The third-order valence-electron chi connectivity index (χ3n) is 3.42. The topological polar surface area (TPSA) is 124 Å². The monoisotopic (exact) mass is 334 g/mol. The molecule has 0 aromatic rings. The van der Waals surface area contributed by atoms with Gasteiger partial charge < -0.3 is 25.2 Å². The highest BCUT2D eigenvalue weighted by molar-refractivity contribution is 5.70. The average Bonchev–Trinajstić information content (AvgIpc) is 2.37. The fourth-order valence-electron chi connectivity index (χ4n) is 2.41. The molecule has 0 radical (unpaired) electrons. The Kier molecular flexibility index (Phi) is 11.6. The van der Waals surface area contributed by atoms with Gasteiger partial charge in [0.05, 0.1) is 31.2 Å². The third-order valence-corrected chi connectivity index (χ3v) is 3.42. The molecule has 0 saturated carbocycles. The maximum Gasteiger partial charge on any atom is 0.308 e. The first-order valence-electron chi connectivity index (χ1n) is 8.23. The van der Waals surface area contributed by atoms with Crippen LogP contribution in [0.15, 0.2) is 0 Å². The van der Waals surface area contributed by atoms with Crippen molar-refractivity contribution in [2.24, 2.45) is 0 Å². The van der Waals surface area contributed by atoms with Crippen molar-refractivity contribution in [2.75, 3.05) is 0 Å². The Morgan fingerprint density at radius 2 is 1.91 bits per heavy atom. The predicted octanol–water partition coefficient (Wildman–Crippen LogP) is 1.23. The molecule has 7 heteroatoms. The molecule has 1 fully saturated rings. The van der Waals surface area contributed by atoms with Crippen LogP contribution in [-0.2, 0) is 14.3 Å². The van der Waals surface area contributed by atoms with E-state index in [9.17, 15) is 19.8 Å². The summed E-state index contributed by atoms with van der Waals surface area (Å²) in [6.45, 7) is 3.96. The number of ether oxygens (including phenoxy) is 1. The fraction of sp³-hybridized carbons (Fsp3) is 0.875. The van der Waals surface area contributed by atoms with Crippen LogP contribution in [0.4, 0.5) is 0 Å². The highest BCUT2D eigenvalue weighted by Gasteiger charge is 2.26. The molecular formula is C16H30O7. The Labute approximate surface area is 137 Å². The largest absolute Gasteiger partial charge is 0.481 e. The van der Waals surface area contributed by atoms with Crippen molar-refractivity contribution in [2.45, 2.75) is 89.6 Å². The molecule has 1 heterocycles. The number of hydrogen-bond donors (Lipinski definition) is 4. The van der Waals surface area contributed by atoms with Crippen molar-refractivity contribution in [3.05, 3.63) is 0 Å². The number of carboxylic acid groups (broad SMARTS) is 1. The zero-order valence-electron chi connectivity index (χ0n) is 14.0. The van der Waals surface area contributed by atoms with Crippen molar-refractivity contribution in [3.63, 3.8) is 0 Å². The molecule has 0 spiro atoms. The van der Waals surface area contributed by atoms with Crippen LogP contribution in [0.25, 0.3) is 0 Å². The molecule has 1 rings (SSSR count). The molecule has 1 saturated heterocycles. The molecule has 0 aliphatic carbocycles. The minimum absolute atomic E-state index is 0.0451. The standard InChI is InChI=1S/C8H16O4.C8H14O3/c1-2-3-6(9)4-7(10)5-8(11)12;1-2-3-7-4-6(9)5-8(10)11-7/h6-7,9-10H,2-5H2,1H3,(H,11,12);6-7,9H,2-5H2,1H3. The first-order valence-corrected chi connectivity index (χ1v) is 8.23. The molecule has 4 unspecified atom stereocenters. The van der Waals surface area contributed by atoms with Crippen LogP contribution >= 0.6 is 0 Å². The number of aliphatic hydroxyl groups excluding tert-OH is 3. The van der Waals surface area contributed by atoms with Crippen LogP contribution in [0.2, 0.25) is 0 Å². The molecule has 7 nitrogen and oxygen atoms in total. The van der Waals surface area contributed by atoms with Gasteiger partial charge in [-0.2, -0.15) is 0 Å². The Morgan fingerprint density at radius 1 is 1.26 bits per heavy atom. The van der Waals surface area contributed by atoms with E-state index in [2.05, 4.69) is 0 Å². The molecule has 0 bridgehead atoms. The molecule has 1 aliphatic heterocycles. The second kappa shape index (κ2) is 12.3. The Morgan fingerprint density at radius 3 is 2.39 bits per heavy atom. The van der Waals surface area contributed by atoms with Gasteiger partial charge in [-0.25, -0.2) is 0 Å². The lowest BCUT2D eigenvalue weighted by Crippen LogP contribution is -2.32. The minimum atomic E-state index is -1.04. The van der Waals surface area contributed by atoms with E-state index in [-0.39, 0.29) is 31.3 Å². The molecule has 136 valence electrons. The quantitative estimate of drug-likeness (QED) is 0.492. The van der Waals surface area contributed by atoms with Gasteiger partial charge in [0.25, 0.3) is 0 Å². The Hall–Kier alpha value is -1.18. The number of carboxylic acids is 1. The van der Waals surface area contributed by atoms with E-state index in [1.165, 1.54) is 0 Å². The average molecular weight is 334 g/mol. The zero-order chi connectivity index (χ0) is 17.8. The first-order chi connectivity index (χ1) is 10.8. The number of aliphatic hydroxyl groups is 3. The van der Waals surface area contributed by atoms with Crippen LogP contribution in [0.5, 0.6) is 0 Å². The van der Waals surface area contributed by atoms with Crippen LogP contribution in [0, 0.1) is 0 Å². The van der Waals surface area contributed by atoms with E-state index in [1.807, 2.05) is 13.8 Å². The number of cyclic esters (lactones) is 1. The number of esters is 1. The van der Waals surface area contributed by atoms with Crippen molar-refractivity contribution >= 4 is 11.9 Å². The van der Waals surface area contributed by atoms with E-state index in [1.54, 1.807) is 0 Å². The summed E-state index contributed by atoms with van der Waals surface area (Å²) in [5.74, 6) is -1.30. The lowest BCUT2D eigenvalue weighted by molar-refractivity contribution is -0.160. The highest BCUT2D eigenvalue weighted by Crippen LogP contribution is 2.18. The summed E-state index contributed by atoms with van der Waals surface area (Å²) in [4.78, 5) is 20.9. The maximum atomic E-state index is 10.8. The summed E-state index contributed by atoms with van der Waals surface area (Å²) in [5, 5.41) is 35.7. The first kappa shape index (κ1) is 21.8. The molecule has 1 aliphatic rings. The lowest BCUT2D eigenvalue weighted by Gasteiger charge is -2.25. The number of carbonyl (C=O) groups is 2. The lowest BCUT2D eigenvalue weighted by atomic mass is 10.0. The molecule has 4 N–H and O–H groups in total. The van der Waals surface area contributed by atoms with Crippen LogP contribution in [0.3, 0.4) is 0 Å². The van der Waals surface area contributed by atoms with Gasteiger partial charge >= 0.3 is 11.9 Å². The van der Waals surface area contributed by atoms with Crippen molar-refractivity contribution in [3.8, 4) is 0 Å². The van der Waals surface area contributed by atoms with E-state index in [0.717, 1.165) is 19.3 Å². The molecule has 0 aromatic heterocycles. The summed E-state index contributed by atoms with van der Waals surface area (Å²) in [6.07, 6.45) is 1.91. The van der Waals surface area contributed by atoms with Crippen LogP contribution in [-0.4, -0.2) is 56.8 Å². The summed E-state index contributed by atoms with van der Waals surface area (Å²) in [6, 6.07) is 0. The van der Waals surface area contributed by atoms with E-state index >= 15 is 0 Å². The van der Waals surface area contributed by atoms with Crippen molar-refractivity contribution in [1.82, 2.24) is 0 Å². The predicted molar refractivity (Wildman–Crippen MR) is 83.8 cm³/mol. The Balaban J connectivity index is 0.000000422. The summed E-state index contributed by atoms with van der Waals surface area (Å²) >= 11 is 0. The normalized spacial score (nSPS) is 23.3. The van der Waals surface area contributed by atoms with Gasteiger partial charge in [-0.1, -0.05) is 26.7 Å². The molecular weight excluding hydrogens is 304 g/mol. The smallest absolute Gasteiger partial charge is 0.308 e. The number of rotatable bonds is 8. The van der Waals surface area contributed by atoms with Crippen molar-refractivity contribution < 1.29 is 34.8 Å². The second-order valence-corrected chi connectivity index (χ2v) is 5.92. The van der Waals surface area contributed by atoms with E-state index in [0.29, 0.717) is 12.8 Å². The Bertz CT molecular complexity index is 345. The van der Waals surface area contributed by atoms with Gasteiger partial charge in [0.2, 0.25) is 0 Å². The van der Waals surface area contributed by atoms with E-state index < -0.39 is 24.3 Å². The summed E-state index contributed by atoms with van der Waals surface area (Å²) in [5.41, 5.74) is 0. The molecule has 0 aromatic carbocycles. The number of hydrogen-bond acceptors (Lipinski definition) is 6. The SMILES string of the molecule is CCCC(O)CC(O)CC(=O)O.CCCC1CC(O)CC(=O)O1. The summed E-state index contributed by atoms with van der Waals surface area (Å²) < 4.78 is 5.00. The van der Waals surface area contributed by atoms with Crippen LogP contribution in [0.1, 0.15) is 65.2 Å². The molecule has 0 amide bonds. The third kappa shape index (κ3) is 12.0. The van der Waals surface area contributed by atoms with Crippen molar-refractivity contribution in [1.29, 1.82) is 0 Å². The van der Waals surface area contributed by atoms with Gasteiger partial charge in [0.1, 0.15) is 6.10 Å². The second-order valence-electron chi connectivity index (χ2n) is 5.92. The minimum Gasteiger partial charge on any atom is -0.481 e. The maximum absolute atomic E-state index is 10.8.